The van der Waals surface area contributed by atoms with Crippen LogP contribution in [0.25, 0.3) is 0 Å². The van der Waals surface area contributed by atoms with Crippen LogP contribution in [-0.4, -0.2) is 28.7 Å². The second kappa shape index (κ2) is 5.45. The molecule has 0 spiro atoms. The van der Waals surface area contributed by atoms with Gasteiger partial charge in [0.2, 0.25) is 11.8 Å². The van der Waals surface area contributed by atoms with Gasteiger partial charge in [-0.15, -0.1) is 11.3 Å². The summed E-state index contributed by atoms with van der Waals surface area (Å²) in [4.78, 5) is 38.5. The molecule has 4 N–H and O–H groups in total. The summed E-state index contributed by atoms with van der Waals surface area (Å²) in [6.45, 7) is 1.78. The van der Waals surface area contributed by atoms with Gasteiger partial charge >= 0.3 is 0 Å². The molecule has 1 aromatic rings. The van der Waals surface area contributed by atoms with Gasteiger partial charge in [0.25, 0.3) is 5.91 Å². The van der Waals surface area contributed by atoms with Crippen molar-refractivity contribution in [2.45, 2.75) is 31.8 Å². The van der Waals surface area contributed by atoms with Crippen molar-refractivity contribution in [3.63, 3.8) is 0 Å². The van der Waals surface area contributed by atoms with Crippen molar-refractivity contribution < 1.29 is 14.4 Å². The predicted octanol–water partition coefficient (Wildman–Crippen LogP) is -0.302. The molecule has 1 aliphatic heterocycles. The number of nitrogens with two attached hydrogens (primary N) is 1. The Morgan fingerprint density at radius 2 is 2.37 bits per heavy atom. The molecule has 8 heteroatoms. The fourth-order valence-corrected chi connectivity index (χ4v) is 2.42. The number of hydrogen-bond acceptors (Lipinski definition) is 6. The standard InChI is InChI=1S/C11H14N4O3S/c1-5(12)11-14-7(4-19-11)10(18)13-6-2-3-8(16)15-9(6)17/h4-6H,2-3,12H2,1H3,(H,13,18)(H,15,16,17). The third kappa shape index (κ3) is 3.15. The van der Waals surface area contributed by atoms with E-state index in [0.717, 1.165) is 0 Å². The average molecular weight is 282 g/mol. The van der Waals surface area contributed by atoms with E-state index in [1.165, 1.54) is 11.3 Å². The Kier molecular flexibility index (Phi) is 3.91. The molecule has 2 rings (SSSR count). The lowest BCUT2D eigenvalue weighted by atomic mass is 10.1. The molecule has 102 valence electrons. The Bertz CT molecular complexity index is 526. The number of piperidine rings is 1. The number of aromatic nitrogens is 1. The lowest BCUT2D eigenvalue weighted by molar-refractivity contribution is -0.134. The highest BCUT2D eigenvalue weighted by Gasteiger charge is 2.28. The highest BCUT2D eigenvalue weighted by molar-refractivity contribution is 7.09. The lowest BCUT2D eigenvalue weighted by Gasteiger charge is -2.21. The van der Waals surface area contributed by atoms with E-state index >= 15 is 0 Å². The molecule has 19 heavy (non-hydrogen) atoms. The molecule has 1 saturated heterocycles. The van der Waals surface area contributed by atoms with Gasteiger partial charge in [0, 0.05) is 11.8 Å². The molecule has 3 amide bonds. The number of nitrogens with one attached hydrogen (secondary N) is 2. The molecule has 0 aliphatic carbocycles. The van der Waals surface area contributed by atoms with E-state index in [9.17, 15) is 14.4 Å². The van der Waals surface area contributed by atoms with E-state index in [0.29, 0.717) is 11.4 Å². The number of hydrogen-bond donors (Lipinski definition) is 3. The quantitative estimate of drug-likeness (QED) is 0.658. The van der Waals surface area contributed by atoms with Gasteiger partial charge in [-0.05, 0) is 13.3 Å². The molecule has 0 radical (unpaired) electrons. The van der Waals surface area contributed by atoms with Crippen LogP contribution in [0.5, 0.6) is 0 Å². The number of thiazole rings is 1. The summed E-state index contributed by atoms with van der Waals surface area (Å²) >= 11 is 1.30. The number of carbonyl (C=O) groups excluding carboxylic acids is 3. The topological polar surface area (TPSA) is 114 Å². The van der Waals surface area contributed by atoms with Gasteiger partial charge in [-0.1, -0.05) is 0 Å². The number of amides is 3. The van der Waals surface area contributed by atoms with Crippen LogP contribution < -0.4 is 16.4 Å². The Labute approximate surface area is 113 Å². The van der Waals surface area contributed by atoms with Crippen molar-refractivity contribution in [3.8, 4) is 0 Å². The maximum Gasteiger partial charge on any atom is 0.271 e. The van der Waals surface area contributed by atoms with Crippen LogP contribution >= 0.6 is 11.3 Å². The summed E-state index contributed by atoms with van der Waals surface area (Å²) in [5.41, 5.74) is 5.90. The van der Waals surface area contributed by atoms with Crippen molar-refractivity contribution in [1.82, 2.24) is 15.6 Å². The number of carbonyl (C=O) groups is 3. The van der Waals surface area contributed by atoms with Crippen molar-refractivity contribution >= 4 is 29.1 Å². The zero-order valence-electron chi connectivity index (χ0n) is 10.3. The molecule has 7 nitrogen and oxygen atoms in total. The van der Waals surface area contributed by atoms with E-state index in [1.807, 2.05) is 0 Å². The number of imide groups is 1. The summed E-state index contributed by atoms with van der Waals surface area (Å²) in [5.74, 6) is -1.23. The van der Waals surface area contributed by atoms with Crippen molar-refractivity contribution in [2.75, 3.05) is 0 Å². The molecule has 0 bridgehead atoms. The molecule has 2 atom stereocenters. The molecule has 0 aromatic carbocycles. The summed E-state index contributed by atoms with van der Waals surface area (Å²) in [6, 6.07) is -0.923. The Balaban J connectivity index is 2.00. The Morgan fingerprint density at radius 3 is 2.95 bits per heavy atom. The average Bonchev–Trinajstić information content (AvgIpc) is 2.82. The van der Waals surface area contributed by atoms with Crippen LogP contribution in [0.2, 0.25) is 0 Å². The highest BCUT2D eigenvalue weighted by atomic mass is 32.1. The van der Waals surface area contributed by atoms with Crippen LogP contribution in [0.1, 0.15) is 41.3 Å². The maximum absolute atomic E-state index is 11.9. The number of rotatable bonds is 3. The van der Waals surface area contributed by atoms with Crippen LogP contribution in [0.3, 0.4) is 0 Å². The van der Waals surface area contributed by atoms with Crippen LogP contribution in [0.4, 0.5) is 0 Å². The minimum atomic E-state index is -0.689. The van der Waals surface area contributed by atoms with Gasteiger partial charge in [0.1, 0.15) is 16.7 Å². The first-order valence-corrected chi connectivity index (χ1v) is 6.71. The zero-order chi connectivity index (χ0) is 14.0. The first kappa shape index (κ1) is 13.6. The summed E-state index contributed by atoms with van der Waals surface area (Å²) in [5, 5.41) is 6.99. The van der Waals surface area contributed by atoms with Gasteiger partial charge in [-0.3, -0.25) is 19.7 Å². The molecule has 2 heterocycles. The highest BCUT2D eigenvalue weighted by Crippen LogP contribution is 2.16. The third-order valence-corrected chi connectivity index (χ3v) is 3.73. The van der Waals surface area contributed by atoms with E-state index in [-0.39, 0.29) is 24.1 Å². The fraction of sp³-hybridized carbons (Fsp3) is 0.455. The van der Waals surface area contributed by atoms with Crippen molar-refractivity contribution in [2.24, 2.45) is 5.73 Å². The van der Waals surface area contributed by atoms with Crippen LogP contribution in [-0.2, 0) is 9.59 Å². The molecule has 1 aromatic heterocycles. The minimum absolute atomic E-state index is 0.221. The third-order valence-electron chi connectivity index (χ3n) is 2.69. The first-order chi connectivity index (χ1) is 8.97. The monoisotopic (exact) mass is 282 g/mol. The largest absolute Gasteiger partial charge is 0.339 e. The minimum Gasteiger partial charge on any atom is -0.339 e. The second-order valence-corrected chi connectivity index (χ2v) is 5.23. The van der Waals surface area contributed by atoms with Gasteiger partial charge in [-0.25, -0.2) is 4.98 Å². The van der Waals surface area contributed by atoms with E-state index in [1.54, 1.807) is 12.3 Å². The van der Waals surface area contributed by atoms with E-state index in [2.05, 4.69) is 15.6 Å². The van der Waals surface area contributed by atoms with E-state index < -0.39 is 17.9 Å². The molecular weight excluding hydrogens is 268 g/mol. The van der Waals surface area contributed by atoms with Gasteiger partial charge in [0.15, 0.2) is 0 Å². The van der Waals surface area contributed by atoms with Gasteiger partial charge < -0.3 is 11.1 Å². The maximum atomic E-state index is 11.9. The van der Waals surface area contributed by atoms with Crippen molar-refractivity contribution in [1.29, 1.82) is 0 Å². The molecule has 0 saturated carbocycles. The SMILES string of the molecule is CC(N)c1nc(C(=O)NC2CCC(=O)NC2=O)cs1. The summed E-state index contributed by atoms with van der Waals surface area (Å²) in [6.07, 6.45) is 0.527. The Hall–Kier alpha value is -1.80. The smallest absolute Gasteiger partial charge is 0.271 e. The van der Waals surface area contributed by atoms with Crippen LogP contribution in [0, 0.1) is 0 Å². The molecule has 1 aliphatic rings. The predicted molar refractivity (Wildman–Crippen MR) is 68.4 cm³/mol. The van der Waals surface area contributed by atoms with Gasteiger partial charge in [0.05, 0.1) is 6.04 Å². The number of nitrogens with zero attached hydrogens (tertiary/aromatic N) is 1. The lowest BCUT2D eigenvalue weighted by Crippen LogP contribution is -2.52. The molecule has 1 fully saturated rings. The Morgan fingerprint density at radius 1 is 1.63 bits per heavy atom. The van der Waals surface area contributed by atoms with Gasteiger partial charge in [-0.2, -0.15) is 0 Å². The molecule has 2 unspecified atom stereocenters. The first-order valence-electron chi connectivity index (χ1n) is 5.83. The van der Waals surface area contributed by atoms with Crippen LogP contribution in [0.15, 0.2) is 5.38 Å². The zero-order valence-corrected chi connectivity index (χ0v) is 11.1. The summed E-state index contributed by atoms with van der Waals surface area (Å²) in [7, 11) is 0. The van der Waals surface area contributed by atoms with E-state index in [4.69, 9.17) is 5.73 Å². The normalized spacial score (nSPS) is 20.8. The van der Waals surface area contributed by atoms with Crippen molar-refractivity contribution in [3.05, 3.63) is 16.1 Å². The molecular formula is C11H14N4O3S. The summed E-state index contributed by atoms with van der Waals surface area (Å²) < 4.78 is 0. The second-order valence-electron chi connectivity index (χ2n) is 4.34. The fourth-order valence-electron chi connectivity index (χ4n) is 1.66.